The zero-order valence-electron chi connectivity index (χ0n) is 9.19. The summed E-state index contributed by atoms with van der Waals surface area (Å²) in [4.78, 5) is 0.182. The Morgan fingerprint density at radius 1 is 1.41 bits per heavy atom. The van der Waals surface area contributed by atoms with Crippen LogP contribution in [0.2, 0.25) is 0 Å². The van der Waals surface area contributed by atoms with Crippen molar-refractivity contribution in [2.45, 2.75) is 9.72 Å². The van der Waals surface area contributed by atoms with Gasteiger partial charge >= 0.3 is 0 Å². The minimum Gasteiger partial charge on any atom is -0.383 e. The molecule has 96 valence electrons. The van der Waals surface area contributed by atoms with E-state index in [4.69, 9.17) is 4.74 Å². The number of hydrogen-bond acceptors (Lipinski definition) is 3. The van der Waals surface area contributed by atoms with Crippen molar-refractivity contribution in [1.29, 1.82) is 0 Å². The van der Waals surface area contributed by atoms with Crippen molar-refractivity contribution in [3.8, 4) is 0 Å². The van der Waals surface area contributed by atoms with Crippen LogP contribution >= 0.6 is 31.9 Å². The monoisotopic (exact) mass is 385 g/mol. The first-order valence-electron chi connectivity index (χ1n) is 4.84. The van der Waals surface area contributed by atoms with Gasteiger partial charge in [0.25, 0.3) is 0 Å². The van der Waals surface area contributed by atoms with Crippen molar-refractivity contribution in [1.82, 2.24) is 4.72 Å². The molecule has 1 unspecified atom stereocenters. The molecule has 0 aliphatic heterocycles. The van der Waals surface area contributed by atoms with Gasteiger partial charge in [-0.15, -0.1) is 0 Å². The molecule has 0 amide bonds. The fourth-order valence-corrected chi connectivity index (χ4v) is 3.90. The van der Waals surface area contributed by atoms with Crippen LogP contribution < -0.4 is 4.72 Å². The van der Waals surface area contributed by atoms with Crippen molar-refractivity contribution in [3.63, 3.8) is 0 Å². The van der Waals surface area contributed by atoms with E-state index < -0.39 is 10.0 Å². The van der Waals surface area contributed by atoms with Gasteiger partial charge in [-0.25, -0.2) is 13.1 Å². The average molecular weight is 387 g/mol. The van der Waals surface area contributed by atoms with Gasteiger partial charge in [0.2, 0.25) is 10.0 Å². The number of alkyl halides is 1. The van der Waals surface area contributed by atoms with Crippen molar-refractivity contribution >= 4 is 41.9 Å². The van der Waals surface area contributed by atoms with Gasteiger partial charge in [0, 0.05) is 18.1 Å². The second-order valence-corrected chi connectivity index (χ2v) is 7.22. The lowest BCUT2D eigenvalue weighted by atomic mass is 10.4. The van der Waals surface area contributed by atoms with E-state index in [-0.39, 0.29) is 16.3 Å². The van der Waals surface area contributed by atoms with Crippen LogP contribution in [0, 0.1) is 0 Å². The fourth-order valence-electron chi connectivity index (χ4n) is 1.18. The van der Waals surface area contributed by atoms with Crippen LogP contribution in [0.4, 0.5) is 0 Å². The van der Waals surface area contributed by atoms with Crippen molar-refractivity contribution < 1.29 is 13.2 Å². The molecular weight excluding hydrogens is 374 g/mol. The number of rotatable bonds is 6. The lowest BCUT2D eigenvalue weighted by Crippen LogP contribution is -2.31. The van der Waals surface area contributed by atoms with Crippen molar-refractivity contribution in [2.75, 3.05) is 20.3 Å². The normalized spacial score (nSPS) is 13.6. The predicted octanol–water partition coefficient (Wildman–Crippen LogP) is 2.14. The lowest BCUT2D eigenvalue weighted by Gasteiger charge is -2.11. The summed E-state index contributed by atoms with van der Waals surface area (Å²) in [6.07, 6.45) is 0. The van der Waals surface area contributed by atoms with Gasteiger partial charge in [0.05, 0.1) is 16.3 Å². The van der Waals surface area contributed by atoms with Gasteiger partial charge in [0.15, 0.2) is 0 Å². The molecule has 0 saturated carbocycles. The van der Waals surface area contributed by atoms with Gasteiger partial charge in [-0.3, -0.25) is 0 Å². The smallest absolute Gasteiger partial charge is 0.241 e. The molecule has 0 fully saturated rings. The first kappa shape index (κ1) is 15.1. The molecule has 17 heavy (non-hydrogen) atoms. The summed E-state index contributed by atoms with van der Waals surface area (Å²) < 4.78 is 31.9. The molecule has 1 aromatic rings. The Bertz CT molecular complexity index is 464. The van der Waals surface area contributed by atoms with E-state index in [1.807, 2.05) is 0 Å². The van der Waals surface area contributed by atoms with E-state index in [2.05, 4.69) is 36.6 Å². The standard InChI is InChI=1S/C10H13Br2NO3S/c1-16-7-8(11)6-13-17(14,15)10-5-3-2-4-9(10)12/h2-5,8,13H,6-7H2,1H3. The molecule has 0 aromatic heterocycles. The Labute approximate surface area is 118 Å². The summed E-state index contributed by atoms with van der Waals surface area (Å²) in [6, 6.07) is 6.68. The van der Waals surface area contributed by atoms with Crippen molar-refractivity contribution in [3.05, 3.63) is 28.7 Å². The largest absolute Gasteiger partial charge is 0.383 e. The number of nitrogens with one attached hydrogen (secondary N) is 1. The number of ether oxygens (including phenoxy) is 1. The molecule has 7 heteroatoms. The van der Waals surface area contributed by atoms with Crippen LogP contribution in [0.3, 0.4) is 0 Å². The number of hydrogen-bond donors (Lipinski definition) is 1. The minimum absolute atomic E-state index is 0.0511. The number of halogens is 2. The second-order valence-electron chi connectivity index (χ2n) is 3.33. The maximum Gasteiger partial charge on any atom is 0.241 e. The summed E-state index contributed by atoms with van der Waals surface area (Å²) in [5.41, 5.74) is 0. The number of sulfonamides is 1. The molecule has 0 aliphatic rings. The molecule has 0 radical (unpaired) electrons. The summed E-state index contributed by atoms with van der Waals surface area (Å²) in [6.45, 7) is 0.718. The molecule has 1 aromatic carbocycles. The fraction of sp³-hybridized carbons (Fsp3) is 0.400. The van der Waals surface area contributed by atoms with Crippen LogP contribution in [0.5, 0.6) is 0 Å². The zero-order chi connectivity index (χ0) is 12.9. The highest BCUT2D eigenvalue weighted by Crippen LogP contribution is 2.20. The number of benzene rings is 1. The maximum absolute atomic E-state index is 12.0. The quantitative estimate of drug-likeness (QED) is 0.762. The summed E-state index contributed by atoms with van der Waals surface area (Å²) >= 11 is 6.53. The molecule has 1 atom stereocenters. The Kier molecular flexibility index (Phi) is 6.08. The molecular formula is C10H13Br2NO3S. The molecule has 0 heterocycles. The minimum atomic E-state index is -3.49. The van der Waals surface area contributed by atoms with E-state index in [0.717, 1.165) is 0 Å². The Morgan fingerprint density at radius 3 is 2.65 bits per heavy atom. The third-order valence-electron chi connectivity index (χ3n) is 1.97. The summed E-state index contributed by atoms with van der Waals surface area (Å²) in [7, 11) is -1.92. The molecule has 0 bridgehead atoms. The Hall–Kier alpha value is 0.0500. The van der Waals surface area contributed by atoms with Crippen LogP contribution in [-0.4, -0.2) is 33.5 Å². The topological polar surface area (TPSA) is 55.4 Å². The lowest BCUT2D eigenvalue weighted by molar-refractivity contribution is 0.201. The highest BCUT2D eigenvalue weighted by molar-refractivity contribution is 9.10. The van der Waals surface area contributed by atoms with E-state index >= 15 is 0 Å². The molecule has 0 aliphatic carbocycles. The van der Waals surface area contributed by atoms with E-state index in [1.165, 1.54) is 0 Å². The van der Waals surface area contributed by atoms with Gasteiger partial charge < -0.3 is 4.74 Å². The zero-order valence-corrected chi connectivity index (χ0v) is 13.2. The Morgan fingerprint density at radius 2 is 2.06 bits per heavy atom. The maximum atomic E-state index is 12.0. The van der Waals surface area contributed by atoms with Crippen LogP contribution in [0.25, 0.3) is 0 Å². The second kappa shape index (κ2) is 6.84. The van der Waals surface area contributed by atoms with E-state index in [0.29, 0.717) is 11.1 Å². The third-order valence-corrected chi connectivity index (χ3v) is 4.99. The van der Waals surface area contributed by atoms with E-state index in [9.17, 15) is 8.42 Å². The van der Waals surface area contributed by atoms with Crippen LogP contribution in [-0.2, 0) is 14.8 Å². The average Bonchev–Trinajstić information content (AvgIpc) is 2.27. The molecule has 4 nitrogen and oxygen atoms in total. The summed E-state index contributed by atoms with van der Waals surface area (Å²) in [5, 5.41) is 0. The molecule has 1 rings (SSSR count). The third kappa shape index (κ3) is 4.67. The van der Waals surface area contributed by atoms with Gasteiger partial charge in [-0.2, -0.15) is 0 Å². The van der Waals surface area contributed by atoms with Crippen molar-refractivity contribution in [2.24, 2.45) is 0 Å². The highest BCUT2D eigenvalue weighted by atomic mass is 79.9. The first-order valence-corrected chi connectivity index (χ1v) is 8.03. The predicted molar refractivity (Wildman–Crippen MR) is 73.9 cm³/mol. The SMILES string of the molecule is COCC(Br)CNS(=O)(=O)c1ccccc1Br. The van der Waals surface area contributed by atoms with Gasteiger partial charge in [-0.1, -0.05) is 28.1 Å². The van der Waals surface area contributed by atoms with Gasteiger partial charge in [0.1, 0.15) is 0 Å². The van der Waals surface area contributed by atoms with Crippen LogP contribution in [0.15, 0.2) is 33.6 Å². The van der Waals surface area contributed by atoms with Gasteiger partial charge in [-0.05, 0) is 28.1 Å². The molecule has 0 spiro atoms. The highest BCUT2D eigenvalue weighted by Gasteiger charge is 2.17. The van der Waals surface area contributed by atoms with E-state index in [1.54, 1.807) is 31.4 Å². The molecule has 0 saturated heterocycles. The van der Waals surface area contributed by atoms with Crippen LogP contribution in [0.1, 0.15) is 0 Å². The first-order chi connectivity index (χ1) is 7.97. The Balaban J connectivity index is 2.73. The summed E-state index contributed by atoms with van der Waals surface area (Å²) in [5.74, 6) is 0. The molecule has 1 N–H and O–H groups in total. The number of methoxy groups -OCH3 is 1.